The van der Waals surface area contributed by atoms with Crippen LogP contribution in [0.5, 0.6) is 0 Å². The third kappa shape index (κ3) is 4.29. The minimum Gasteiger partial charge on any atom is -0.378 e. The van der Waals surface area contributed by atoms with E-state index in [1.165, 1.54) is 41.5 Å². The number of anilines is 1. The summed E-state index contributed by atoms with van der Waals surface area (Å²) in [4.78, 5) is 27.7. The molecule has 1 fully saturated rings. The van der Waals surface area contributed by atoms with Gasteiger partial charge in [-0.05, 0) is 24.3 Å². The summed E-state index contributed by atoms with van der Waals surface area (Å²) in [6.45, 7) is 2.48. The third-order valence-corrected chi connectivity index (χ3v) is 5.23. The molecular weight excluding hydrogens is 458 g/mol. The minimum absolute atomic E-state index is 0.212. The quantitative estimate of drug-likeness (QED) is 0.586. The lowest BCUT2D eigenvalue weighted by Crippen LogP contribution is -2.40. The van der Waals surface area contributed by atoms with Gasteiger partial charge in [-0.2, -0.15) is 0 Å². The Bertz CT molecular complexity index is 1050. The zero-order chi connectivity index (χ0) is 21.3. The Labute approximate surface area is 185 Å². The molecule has 30 heavy (non-hydrogen) atoms. The molecule has 8 nitrogen and oxygen atoms in total. The number of amides is 1. The number of morpholine rings is 1. The van der Waals surface area contributed by atoms with Gasteiger partial charge in [-0.1, -0.05) is 34.8 Å². The third-order valence-electron chi connectivity index (χ3n) is 4.61. The molecule has 1 atom stereocenters. The summed E-state index contributed by atoms with van der Waals surface area (Å²) in [6.07, 6.45) is 1.70. The van der Waals surface area contributed by atoms with E-state index in [0.29, 0.717) is 43.3 Å². The van der Waals surface area contributed by atoms with Crippen LogP contribution in [0.4, 0.5) is 10.2 Å². The maximum Gasteiger partial charge on any atom is 0.253 e. The number of carbonyl (C=O) groups excluding carboxylic acids is 1. The molecule has 1 amide bonds. The second-order valence-electron chi connectivity index (χ2n) is 6.55. The molecule has 1 aliphatic heterocycles. The topological polar surface area (TPSA) is 85.2 Å². The van der Waals surface area contributed by atoms with Crippen molar-refractivity contribution in [3.05, 3.63) is 48.3 Å². The number of rotatable bonds is 4. The maximum atomic E-state index is 13.2. The molecule has 0 bridgehead atoms. The number of benzene rings is 1. The van der Waals surface area contributed by atoms with Crippen LogP contribution in [0.2, 0.25) is 0 Å². The zero-order valence-corrected chi connectivity index (χ0v) is 17.7. The minimum atomic E-state index is -1.92. The molecule has 0 radical (unpaired) electrons. The number of fused-ring (bicyclic) bond motifs is 1. The predicted octanol–water partition coefficient (Wildman–Crippen LogP) is 3.10. The van der Waals surface area contributed by atoms with E-state index in [1.54, 1.807) is 0 Å². The monoisotopic (exact) mass is 472 g/mol. The Morgan fingerprint density at radius 3 is 2.50 bits per heavy atom. The fraction of sp³-hybridized carbons (Fsp3) is 0.333. The summed E-state index contributed by atoms with van der Waals surface area (Å²) in [5.74, 6) is -0.372. The molecule has 3 aromatic rings. The zero-order valence-electron chi connectivity index (χ0n) is 15.4. The number of nitrogens with one attached hydrogen (secondary N) is 1. The highest BCUT2D eigenvalue weighted by molar-refractivity contribution is 6.68. The van der Waals surface area contributed by atoms with Gasteiger partial charge in [0.1, 0.15) is 12.1 Å². The van der Waals surface area contributed by atoms with Gasteiger partial charge in [-0.3, -0.25) is 9.36 Å². The first-order valence-corrected chi connectivity index (χ1v) is 10.1. The summed E-state index contributed by atoms with van der Waals surface area (Å²) in [5, 5.41) is 2.66. The molecule has 0 aliphatic carbocycles. The molecule has 1 saturated heterocycles. The molecular formula is C18H16Cl3FN6O2. The number of alkyl halides is 3. The highest BCUT2D eigenvalue weighted by atomic mass is 35.6. The summed E-state index contributed by atoms with van der Waals surface area (Å²) in [7, 11) is 0. The predicted molar refractivity (Wildman–Crippen MR) is 112 cm³/mol. The van der Waals surface area contributed by atoms with Gasteiger partial charge in [0.05, 0.1) is 19.5 Å². The van der Waals surface area contributed by atoms with Crippen molar-refractivity contribution in [2.24, 2.45) is 0 Å². The van der Waals surface area contributed by atoms with Crippen molar-refractivity contribution in [1.29, 1.82) is 0 Å². The second kappa shape index (κ2) is 8.50. The molecule has 0 spiro atoms. The summed E-state index contributed by atoms with van der Waals surface area (Å²) in [5.41, 5.74) is 1.11. The molecule has 1 unspecified atom stereocenters. The van der Waals surface area contributed by atoms with E-state index >= 15 is 0 Å². The molecule has 2 aromatic heterocycles. The van der Waals surface area contributed by atoms with Crippen molar-refractivity contribution >= 4 is 57.7 Å². The van der Waals surface area contributed by atoms with Crippen molar-refractivity contribution in [2.45, 2.75) is 9.96 Å². The SMILES string of the molecule is O=C(NC(n1cnc2c(N3CCOCC3)ncnc21)C(Cl)(Cl)Cl)c1ccc(F)cc1. The lowest BCUT2D eigenvalue weighted by molar-refractivity contribution is 0.0921. The van der Waals surface area contributed by atoms with Crippen LogP contribution in [0.3, 0.4) is 0 Å². The van der Waals surface area contributed by atoms with Crippen LogP contribution in [0.25, 0.3) is 11.2 Å². The summed E-state index contributed by atoms with van der Waals surface area (Å²) >= 11 is 18.5. The Morgan fingerprint density at radius 1 is 1.13 bits per heavy atom. The van der Waals surface area contributed by atoms with Crippen LogP contribution < -0.4 is 10.2 Å². The van der Waals surface area contributed by atoms with E-state index in [4.69, 9.17) is 39.5 Å². The van der Waals surface area contributed by atoms with Gasteiger partial charge in [0.15, 0.2) is 23.1 Å². The first-order valence-electron chi connectivity index (χ1n) is 8.98. The van der Waals surface area contributed by atoms with Crippen LogP contribution in [-0.4, -0.2) is 55.5 Å². The molecule has 0 saturated carbocycles. The molecule has 1 aliphatic rings. The molecule has 1 aromatic carbocycles. The number of hydrogen-bond donors (Lipinski definition) is 1. The maximum absolute atomic E-state index is 13.2. The van der Waals surface area contributed by atoms with Crippen LogP contribution in [0.1, 0.15) is 16.5 Å². The highest BCUT2D eigenvalue weighted by Gasteiger charge is 2.37. The summed E-state index contributed by atoms with van der Waals surface area (Å²) < 4.78 is 18.1. The number of nitrogens with zero attached hydrogens (tertiary/aromatic N) is 5. The van der Waals surface area contributed by atoms with Gasteiger partial charge in [-0.15, -0.1) is 0 Å². The van der Waals surface area contributed by atoms with Crippen molar-refractivity contribution < 1.29 is 13.9 Å². The van der Waals surface area contributed by atoms with Crippen LogP contribution in [-0.2, 0) is 4.74 Å². The van der Waals surface area contributed by atoms with Gasteiger partial charge in [0.2, 0.25) is 3.79 Å². The number of aromatic nitrogens is 4. The van der Waals surface area contributed by atoms with E-state index in [9.17, 15) is 9.18 Å². The highest BCUT2D eigenvalue weighted by Crippen LogP contribution is 2.38. The second-order valence-corrected chi connectivity index (χ2v) is 8.91. The molecule has 1 N–H and O–H groups in total. The fourth-order valence-electron chi connectivity index (χ4n) is 3.15. The fourth-order valence-corrected chi connectivity index (χ4v) is 3.63. The van der Waals surface area contributed by atoms with E-state index in [0.717, 1.165) is 0 Å². The normalized spacial score (nSPS) is 15.9. The lowest BCUT2D eigenvalue weighted by atomic mass is 10.2. The molecule has 12 heteroatoms. The van der Waals surface area contributed by atoms with Crippen molar-refractivity contribution in [3.63, 3.8) is 0 Å². The van der Waals surface area contributed by atoms with Crippen LogP contribution in [0.15, 0.2) is 36.9 Å². The Balaban J connectivity index is 1.69. The largest absolute Gasteiger partial charge is 0.378 e. The van der Waals surface area contributed by atoms with Gasteiger partial charge < -0.3 is 15.0 Å². The molecule has 4 rings (SSSR count). The van der Waals surface area contributed by atoms with Gasteiger partial charge in [0.25, 0.3) is 5.91 Å². The number of carbonyl (C=O) groups is 1. The lowest BCUT2D eigenvalue weighted by Gasteiger charge is -2.28. The average Bonchev–Trinajstić information content (AvgIpc) is 3.16. The smallest absolute Gasteiger partial charge is 0.253 e. The van der Waals surface area contributed by atoms with E-state index in [-0.39, 0.29) is 5.56 Å². The number of ether oxygens (including phenoxy) is 1. The summed E-state index contributed by atoms with van der Waals surface area (Å²) in [6, 6.07) is 5.02. The van der Waals surface area contributed by atoms with Crippen molar-refractivity contribution in [3.8, 4) is 0 Å². The van der Waals surface area contributed by atoms with Crippen molar-refractivity contribution in [2.75, 3.05) is 31.2 Å². The first-order chi connectivity index (χ1) is 14.3. The number of imidazole rings is 1. The van der Waals surface area contributed by atoms with E-state index < -0.39 is 21.7 Å². The van der Waals surface area contributed by atoms with E-state index in [1.807, 2.05) is 4.90 Å². The van der Waals surface area contributed by atoms with Gasteiger partial charge >= 0.3 is 0 Å². The Kier molecular flexibility index (Phi) is 5.97. The molecule has 158 valence electrons. The van der Waals surface area contributed by atoms with Gasteiger partial charge in [-0.25, -0.2) is 19.3 Å². The number of hydrogen-bond acceptors (Lipinski definition) is 6. The Hall–Kier alpha value is -2.20. The van der Waals surface area contributed by atoms with Crippen molar-refractivity contribution in [1.82, 2.24) is 24.8 Å². The average molecular weight is 474 g/mol. The van der Waals surface area contributed by atoms with E-state index in [2.05, 4.69) is 20.3 Å². The standard InChI is InChI=1S/C18H16Cl3FN6O2/c19-18(20,21)17(26-16(29)11-1-3-12(22)4-2-11)28-10-25-13-14(23-9-24-15(13)28)27-5-7-30-8-6-27/h1-4,9-10,17H,5-8H2,(H,26,29). The first kappa shape index (κ1) is 21.0. The van der Waals surface area contributed by atoms with Gasteiger partial charge in [0, 0.05) is 18.7 Å². The molecule has 3 heterocycles. The Morgan fingerprint density at radius 2 is 1.83 bits per heavy atom. The van der Waals surface area contributed by atoms with Crippen LogP contribution in [0, 0.1) is 5.82 Å². The van der Waals surface area contributed by atoms with Crippen LogP contribution >= 0.6 is 34.8 Å². The number of halogens is 4.